The molecule has 3 rings (SSSR count). The van der Waals surface area contributed by atoms with E-state index >= 15 is 0 Å². The summed E-state index contributed by atoms with van der Waals surface area (Å²) >= 11 is 7.79. The maximum atomic E-state index is 6.10. The number of aryl methyl sites for hydroxylation is 1. The number of nitrogens with zero attached hydrogens (tertiary/aromatic N) is 3. The molecule has 104 valence electrons. The Morgan fingerprint density at radius 1 is 1.35 bits per heavy atom. The van der Waals surface area contributed by atoms with E-state index in [4.69, 9.17) is 16.1 Å². The van der Waals surface area contributed by atoms with E-state index in [-0.39, 0.29) is 0 Å². The Hall–Kier alpha value is -1.43. The summed E-state index contributed by atoms with van der Waals surface area (Å²) in [5.41, 5.74) is 0.950. The molecule has 0 N–H and O–H groups in total. The number of pyridine rings is 1. The van der Waals surface area contributed by atoms with Crippen LogP contribution in [0.25, 0.3) is 10.1 Å². The van der Waals surface area contributed by atoms with Gasteiger partial charge in [0.15, 0.2) is 0 Å². The molecule has 3 aromatic heterocycles. The topological polar surface area (TPSA) is 42.2 Å². The highest BCUT2D eigenvalue weighted by molar-refractivity contribution is 7.19. The molecular weight excluding hydrogens is 294 g/mol. The van der Waals surface area contributed by atoms with Crippen molar-refractivity contribution in [1.82, 2.24) is 15.0 Å². The van der Waals surface area contributed by atoms with Crippen molar-refractivity contribution >= 4 is 33.0 Å². The van der Waals surface area contributed by atoms with Gasteiger partial charge in [-0.3, -0.25) is 4.90 Å². The van der Waals surface area contributed by atoms with Crippen molar-refractivity contribution in [2.24, 2.45) is 0 Å². The second kappa shape index (κ2) is 5.52. The number of hydrogen-bond acceptors (Lipinski definition) is 5. The fourth-order valence-corrected chi connectivity index (χ4v) is 3.55. The molecule has 20 heavy (non-hydrogen) atoms. The van der Waals surface area contributed by atoms with Crippen molar-refractivity contribution in [2.45, 2.75) is 20.0 Å². The summed E-state index contributed by atoms with van der Waals surface area (Å²) in [4.78, 5) is 7.57. The minimum absolute atomic E-state index is 0.577. The number of thiophene rings is 1. The van der Waals surface area contributed by atoms with E-state index in [0.717, 1.165) is 34.6 Å². The van der Waals surface area contributed by atoms with Gasteiger partial charge in [-0.15, -0.1) is 11.3 Å². The number of hydrogen-bond donors (Lipinski definition) is 0. The molecule has 4 nitrogen and oxygen atoms in total. The molecule has 0 saturated heterocycles. The monoisotopic (exact) mass is 307 g/mol. The summed E-state index contributed by atoms with van der Waals surface area (Å²) in [6.07, 6.45) is 1.74. The van der Waals surface area contributed by atoms with Crippen LogP contribution in [-0.4, -0.2) is 22.1 Å². The van der Waals surface area contributed by atoms with Gasteiger partial charge in [0.25, 0.3) is 0 Å². The van der Waals surface area contributed by atoms with Gasteiger partial charge in [0.1, 0.15) is 10.9 Å². The van der Waals surface area contributed by atoms with E-state index in [9.17, 15) is 0 Å². The molecule has 6 heteroatoms. The minimum Gasteiger partial charge on any atom is -0.361 e. The molecule has 0 aliphatic carbocycles. The summed E-state index contributed by atoms with van der Waals surface area (Å²) < 4.78 is 6.13. The van der Waals surface area contributed by atoms with Crippen LogP contribution in [0.15, 0.2) is 28.9 Å². The highest BCUT2D eigenvalue weighted by Crippen LogP contribution is 2.30. The SMILES string of the molecule is Cc1cc(CN(C)Cc2cc3ccnc(Cl)c3s2)no1. The van der Waals surface area contributed by atoms with Crippen LogP contribution in [0.3, 0.4) is 0 Å². The zero-order valence-electron chi connectivity index (χ0n) is 11.3. The first-order valence-corrected chi connectivity index (χ1v) is 7.45. The Kier molecular flexibility index (Phi) is 3.74. The van der Waals surface area contributed by atoms with Gasteiger partial charge in [0.2, 0.25) is 0 Å². The third kappa shape index (κ3) is 2.85. The summed E-state index contributed by atoms with van der Waals surface area (Å²) in [6.45, 7) is 3.51. The maximum absolute atomic E-state index is 6.10. The highest BCUT2D eigenvalue weighted by Gasteiger charge is 2.10. The van der Waals surface area contributed by atoms with Gasteiger partial charge in [-0.1, -0.05) is 16.8 Å². The van der Waals surface area contributed by atoms with Crippen LogP contribution in [0.5, 0.6) is 0 Å². The Balaban J connectivity index is 1.74. The second-order valence-electron chi connectivity index (χ2n) is 4.83. The van der Waals surface area contributed by atoms with Gasteiger partial charge in [0.05, 0.1) is 10.4 Å². The summed E-state index contributed by atoms with van der Waals surface area (Å²) in [5, 5.41) is 5.74. The third-order valence-corrected chi connectivity index (χ3v) is 4.52. The molecule has 0 aromatic carbocycles. The molecule has 3 heterocycles. The van der Waals surface area contributed by atoms with E-state index in [1.807, 2.05) is 19.1 Å². The lowest BCUT2D eigenvalue weighted by Crippen LogP contribution is -2.16. The maximum Gasteiger partial charge on any atom is 0.146 e. The lowest BCUT2D eigenvalue weighted by Gasteiger charge is -2.13. The van der Waals surface area contributed by atoms with Gasteiger partial charge in [-0.05, 0) is 31.5 Å². The molecule has 0 spiro atoms. The molecule has 0 amide bonds. The lowest BCUT2D eigenvalue weighted by atomic mass is 10.3. The number of aromatic nitrogens is 2. The van der Waals surface area contributed by atoms with Crippen LogP contribution in [0.2, 0.25) is 5.15 Å². The fourth-order valence-electron chi connectivity index (χ4n) is 2.15. The Morgan fingerprint density at radius 3 is 2.90 bits per heavy atom. The first-order chi connectivity index (χ1) is 9.61. The molecule has 0 aliphatic heterocycles. The fraction of sp³-hybridized carbons (Fsp3) is 0.286. The number of fused-ring (bicyclic) bond motifs is 1. The van der Waals surface area contributed by atoms with Crippen molar-refractivity contribution < 1.29 is 4.52 Å². The molecule has 0 bridgehead atoms. The van der Waals surface area contributed by atoms with E-state index in [2.05, 4.69) is 28.2 Å². The molecule has 0 unspecified atom stereocenters. The molecule has 0 fully saturated rings. The predicted octanol–water partition coefficient (Wildman–Crippen LogP) is 3.88. The number of halogens is 1. The van der Waals surface area contributed by atoms with E-state index in [1.54, 1.807) is 17.5 Å². The summed E-state index contributed by atoms with van der Waals surface area (Å²) in [6, 6.07) is 6.11. The van der Waals surface area contributed by atoms with Crippen molar-refractivity contribution in [1.29, 1.82) is 0 Å². The second-order valence-corrected chi connectivity index (χ2v) is 6.33. The van der Waals surface area contributed by atoms with Gasteiger partial charge < -0.3 is 4.52 Å². The van der Waals surface area contributed by atoms with E-state index < -0.39 is 0 Å². The van der Waals surface area contributed by atoms with Crippen LogP contribution in [0.4, 0.5) is 0 Å². The first kappa shape index (κ1) is 13.5. The lowest BCUT2D eigenvalue weighted by molar-refractivity contribution is 0.304. The average molecular weight is 308 g/mol. The van der Waals surface area contributed by atoms with Crippen molar-refractivity contribution in [2.75, 3.05) is 7.05 Å². The third-order valence-electron chi connectivity index (χ3n) is 2.98. The van der Waals surface area contributed by atoms with Crippen LogP contribution in [-0.2, 0) is 13.1 Å². The van der Waals surface area contributed by atoms with Crippen molar-refractivity contribution in [3.8, 4) is 0 Å². The average Bonchev–Trinajstić information content (AvgIpc) is 2.96. The van der Waals surface area contributed by atoms with Gasteiger partial charge in [-0.25, -0.2) is 4.98 Å². The predicted molar refractivity (Wildman–Crippen MR) is 81.0 cm³/mol. The zero-order chi connectivity index (χ0) is 14.1. The molecular formula is C14H14ClN3OS. The Labute approximate surface area is 126 Å². The van der Waals surface area contributed by atoms with Crippen LogP contribution in [0.1, 0.15) is 16.3 Å². The Morgan fingerprint density at radius 2 is 2.20 bits per heavy atom. The number of rotatable bonds is 4. The summed E-state index contributed by atoms with van der Waals surface area (Å²) in [7, 11) is 2.06. The van der Waals surface area contributed by atoms with Crippen molar-refractivity contribution in [3.05, 3.63) is 45.9 Å². The smallest absolute Gasteiger partial charge is 0.146 e. The molecule has 0 radical (unpaired) electrons. The molecule has 0 aliphatic rings. The molecule has 3 aromatic rings. The minimum atomic E-state index is 0.577. The molecule has 0 atom stereocenters. The van der Waals surface area contributed by atoms with Crippen LogP contribution in [0, 0.1) is 6.92 Å². The van der Waals surface area contributed by atoms with Gasteiger partial charge in [0, 0.05) is 30.2 Å². The molecule has 0 saturated carbocycles. The quantitative estimate of drug-likeness (QED) is 0.686. The largest absolute Gasteiger partial charge is 0.361 e. The van der Waals surface area contributed by atoms with E-state index in [1.165, 1.54) is 4.88 Å². The standard InChI is InChI=1S/C14H14ClN3OS/c1-9-5-11(17-19-9)7-18(2)8-12-6-10-3-4-16-14(15)13(10)20-12/h3-6H,7-8H2,1-2H3. The van der Waals surface area contributed by atoms with Crippen LogP contribution >= 0.6 is 22.9 Å². The normalized spacial score (nSPS) is 11.6. The zero-order valence-corrected chi connectivity index (χ0v) is 12.8. The first-order valence-electron chi connectivity index (χ1n) is 6.25. The van der Waals surface area contributed by atoms with Crippen LogP contribution < -0.4 is 0 Å². The van der Waals surface area contributed by atoms with Gasteiger partial charge in [-0.2, -0.15) is 0 Å². The van der Waals surface area contributed by atoms with E-state index in [0.29, 0.717) is 5.15 Å². The Bertz CT molecular complexity index is 737. The highest BCUT2D eigenvalue weighted by atomic mass is 35.5. The van der Waals surface area contributed by atoms with Crippen molar-refractivity contribution in [3.63, 3.8) is 0 Å². The summed E-state index contributed by atoms with van der Waals surface area (Å²) in [5.74, 6) is 0.841. The van der Waals surface area contributed by atoms with Gasteiger partial charge >= 0.3 is 0 Å².